The lowest BCUT2D eigenvalue weighted by atomic mass is 9.63. The van der Waals surface area contributed by atoms with Crippen molar-refractivity contribution in [1.29, 1.82) is 0 Å². The van der Waals surface area contributed by atoms with Crippen LogP contribution in [0.3, 0.4) is 0 Å². The van der Waals surface area contributed by atoms with Gasteiger partial charge < -0.3 is 4.74 Å². The molecule has 2 aromatic carbocycles. The van der Waals surface area contributed by atoms with E-state index in [2.05, 4.69) is 12.2 Å². The highest BCUT2D eigenvalue weighted by molar-refractivity contribution is 6.09. The molecular weight excluding hydrogens is 404 g/mol. The normalized spacial score (nSPS) is 31.3. The van der Waals surface area contributed by atoms with Crippen molar-refractivity contribution in [3.8, 4) is 5.75 Å². The number of hydrogen-bond donors (Lipinski definition) is 0. The third-order valence-corrected chi connectivity index (χ3v) is 7.69. The molecule has 2 aromatic rings. The fraction of sp³-hybridized carbons (Fsp3) is 0.346. The Morgan fingerprint density at radius 1 is 0.938 bits per heavy atom. The molecule has 162 valence electrons. The van der Waals surface area contributed by atoms with Crippen LogP contribution in [-0.2, 0) is 9.59 Å². The molecule has 1 aliphatic heterocycles. The molecule has 6 heteroatoms. The molecule has 6 nitrogen and oxygen atoms in total. The predicted molar refractivity (Wildman–Crippen MR) is 118 cm³/mol. The molecule has 2 saturated carbocycles. The van der Waals surface area contributed by atoms with E-state index in [0.29, 0.717) is 28.8 Å². The number of likely N-dealkylation sites (tertiary alicyclic amines) is 1. The van der Waals surface area contributed by atoms with Crippen molar-refractivity contribution in [2.45, 2.75) is 6.42 Å². The molecule has 0 spiro atoms. The summed E-state index contributed by atoms with van der Waals surface area (Å²) in [7, 11) is 1.58. The summed E-state index contributed by atoms with van der Waals surface area (Å²) in [6, 6.07) is 16.0. The van der Waals surface area contributed by atoms with E-state index >= 15 is 0 Å². The number of imide groups is 1. The van der Waals surface area contributed by atoms with Crippen LogP contribution >= 0.6 is 0 Å². The van der Waals surface area contributed by atoms with Crippen LogP contribution < -0.4 is 9.64 Å². The molecule has 0 N–H and O–H groups in total. The molecule has 0 radical (unpaired) electrons. The standard InChI is InChI=1S/C26H24N2O4/c1-32-17-9-7-16(8-10-17)27(24(29)15-5-3-2-4-6-15)14-28-25(30)22-18-11-12-19(21-13-20(18)21)23(22)26(28)31/h2-12,18-23H,13-14H2,1H3/t18-,19-,20-,21-,22-,23+/m0/s1. The molecule has 0 aromatic heterocycles. The van der Waals surface area contributed by atoms with E-state index in [1.54, 1.807) is 55.6 Å². The van der Waals surface area contributed by atoms with Crippen molar-refractivity contribution >= 4 is 23.4 Å². The summed E-state index contributed by atoms with van der Waals surface area (Å²) in [5, 5.41) is 0. The molecule has 0 unspecified atom stereocenters. The van der Waals surface area contributed by atoms with Crippen LogP contribution in [0.2, 0.25) is 0 Å². The van der Waals surface area contributed by atoms with E-state index < -0.39 is 0 Å². The number of ether oxygens (including phenoxy) is 1. The fourth-order valence-corrected chi connectivity index (χ4v) is 6.06. The first-order valence-corrected chi connectivity index (χ1v) is 11.1. The summed E-state index contributed by atoms with van der Waals surface area (Å²) < 4.78 is 5.24. The van der Waals surface area contributed by atoms with E-state index in [9.17, 15) is 14.4 Å². The van der Waals surface area contributed by atoms with Gasteiger partial charge in [0, 0.05) is 11.3 Å². The van der Waals surface area contributed by atoms with Crippen molar-refractivity contribution in [2.75, 3.05) is 18.7 Å². The maximum Gasteiger partial charge on any atom is 0.259 e. The minimum Gasteiger partial charge on any atom is -0.497 e. The van der Waals surface area contributed by atoms with Gasteiger partial charge in [0.1, 0.15) is 12.4 Å². The Bertz CT molecular complexity index is 1090. The summed E-state index contributed by atoms with van der Waals surface area (Å²) >= 11 is 0. The van der Waals surface area contributed by atoms with Crippen LogP contribution in [0.15, 0.2) is 66.7 Å². The topological polar surface area (TPSA) is 66.9 Å². The van der Waals surface area contributed by atoms with Gasteiger partial charge in [0.05, 0.1) is 18.9 Å². The van der Waals surface area contributed by atoms with E-state index in [1.807, 2.05) is 6.07 Å². The summed E-state index contributed by atoms with van der Waals surface area (Å²) in [6.07, 6.45) is 5.44. The fourth-order valence-electron chi connectivity index (χ4n) is 6.06. The monoisotopic (exact) mass is 428 g/mol. The highest BCUT2D eigenvalue weighted by atomic mass is 16.5. The van der Waals surface area contributed by atoms with Crippen molar-refractivity contribution in [1.82, 2.24) is 4.90 Å². The zero-order valence-electron chi connectivity index (χ0n) is 17.8. The molecule has 2 bridgehead atoms. The number of carbonyl (C=O) groups excluding carboxylic acids is 3. The Hall–Kier alpha value is -3.41. The summed E-state index contributed by atoms with van der Waals surface area (Å²) in [6.45, 7) is -0.0838. The smallest absolute Gasteiger partial charge is 0.259 e. The second kappa shape index (κ2) is 7.05. The Kier molecular flexibility index (Phi) is 4.25. The molecule has 1 heterocycles. The first-order chi connectivity index (χ1) is 15.6. The van der Waals surface area contributed by atoms with Crippen molar-refractivity contribution in [2.24, 2.45) is 35.5 Å². The van der Waals surface area contributed by atoms with Crippen LogP contribution in [0.4, 0.5) is 5.69 Å². The average Bonchev–Trinajstić information content (AvgIpc) is 3.63. The van der Waals surface area contributed by atoms with Gasteiger partial charge in [0.2, 0.25) is 11.8 Å². The summed E-state index contributed by atoms with van der Waals surface area (Å²) in [5.41, 5.74) is 1.11. The molecular formula is C26H24N2O4. The van der Waals surface area contributed by atoms with Crippen LogP contribution in [0, 0.1) is 35.5 Å². The lowest BCUT2D eigenvalue weighted by Crippen LogP contribution is -2.45. The number of rotatable bonds is 5. The molecule has 5 aliphatic rings. The van der Waals surface area contributed by atoms with Crippen LogP contribution in [0.1, 0.15) is 16.8 Å². The second-order valence-electron chi connectivity index (χ2n) is 9.20. The molecule has 4 aliphatic carbocycles. The van der Waals surface area contributed by atoms with Gasteiger partial charge in [-0.05, 0) is 66.5 Å². The average molecular weight is 428 g/mol. The Balaban J connectivity index is 1.33. The van der Waals surface area contributed by atoms with Gasteiger partial charge in [-0.2, -0.15) is 0 Å². The van der Waals surface area contributed by atoms with Crippen molar-refractivity contribution in [3.63, 3.8) is 0 Å². The Morgan fingerprint density at radius 2 is 1.53 bits per heavy atom. The Labute approximate surface area is 186 Å². The van der Waals surface area contributed by atoms with Crippen LogP contribution in [0.5, 0.6) is 5.75 Å². The van der Waals surface area contributed by atoms with Gasteiger partial charge >= 0.3 is 0 Å². The molecule has 6 atom stereocenters. The third-order valence-electron chi connectivity index (χ3n) is 7.69. The van der Waals surface area contributed by atoms with Crippen molar-refractivity contribution < 1.29 is 19.1 Å². The molecule has 32 heavy (non-hydrogen) atoms. The number of hydrogen-bond acceptors (Lipinski definition) is 4. The molecule has 3 fully saturated rings. The number of amides is 3. The van der Waals surface area contributed by atoms with Gasteiger partial charge in [-0.1, -0.05) is 30.4 Å². The number of benzene rings is 2. The maximum atomic E-state index is 13.4. The number of nitrogens with zero attached hydrogens (tertiary/aromatic N) is 2. The summed E-state index contributed by atoms with van der Waals surface area (Å²) in [4.78, 5) is 43.2. The SMILES string of the molecule is COc1ccc(N(CN2C(=O)[C@@H]3[C@H]4C=C[C@@H]([C@@H]5C[C@@H]45)[C@@H]3C2=O)C(=O)c2ccccc2)cc1. The van der Waals surface area contributed by atoms with Gasteiger partial charge in [0.15, 0.2) is 0 Å². The van der Waals surface area contributed by atoms with Crippen LogP contribution in [-0.4, -0.2) is 36.4 Å². The lowest BCUT2D eigenvalue weighted by molar-refractivity contribution is -0.140. The number of anilines is 1. The molecule has 1 saturated heterocycles. The Morgan fingerprint density at radius 3 is 2.09 bits per heavy atom. The minimum absolute atomic E-state index is 0.0838. The largest absolute Gasteiger partial charge is 0.497 e. The maximum absolute atomic E-state index is 13.4. The van der Waals surface area contributed by atoms with Crippen LogP contribution in [0.25, 0.3) is 0 Å². The van der Waals surface area contributed by atoms with E-state index in [0.717, 1.165) is 6.42 Å². The number of methoxy groups -OCH3 is 1. The zero-order valence-corrected chi connectivity index (χ0v) is 17.8. The van der Waals surface area contributed by atoms with Crippen molar-refractivity contribution in [3.05, 3.63) is 72.3 Å². The van der Waals surface area contributed by atoms with Gasteiger partial charge in [-0.25, -0.2) is 0 Å². The number of allylic oxidation sites excluding steroid dienone is 2. The first kappa shape index (κ1) is 19.3. The first-order valence-electron chi connectivity index (χ1n) is 11.1. The molecule has 3 amide bonds. The summed E-state index contributed by atoms with van der Waals surface area (Å²) in [5.74, 6) is 1.02. The van der Waals surface area contributed by atoms with Gasteiger partial charge in [-0.3, -0.25) is 24.2 Å². The van der Waals surface area contributed by atoms with Gasteiger partial charge in [0.25, 0.3) is 5.91 Å². The molecule has 7 rings (SSSR count). The van der Waals surface area contributed by atoms with E-state index in [4.69, 9.17) is 4.74 Å². The predicted octanol–water partition coefficient (Wildman–Crippen LogP) is 3.35. The van der Waals surface area contributed by atoms with E-state index in [-0.39, 0.29) is 48.1 Å². The highest BCUT2D eigenvalue weighted by Gasteiger charge is 2.67. The highest BCUT2D eigenvalue weighted by Crippen LogP contribution is 2.65. The minimum atomic E-state index is -0.272. The third kappa shape index (κ3) is 2.75. The second-order valence-corrected chi connectivity index (χ2v) is 9.20. The zero-order chi connectivity index (χ0) is 22.0. The number of carbonyl (C=O) groups is 3. The van der Waals surface area contributed by atoms with Gasteiger partial charge in [-0.15, -0.1) is 0 Å². The quantitative estimate of drug-likeness (QED) is 0.541. The van der Waals surface area contributed by atoms with E-state index in [1.165, 1.54) is 9.80 Å². The lowest BCUT2D eigenvalue weighted by Gasteiger charge is -2.37.